The van der Waals surface area contributed by atoms with Gasteiger partial charge in [-0.3, -0.25) is 9.59 Å². The minimum Gasteiger partial charge on any atom is -0.494 e. The number of Topliss-reactive ketones (excluding diaryl/α,β-unsaturated/α-hetero) is 1. The Hall–Kier alpha value is -1.84. The Morgan fingerprint density at radius 3 is 2.56 bits per heavy atom. The summed E-state index contributed by atoms with van der Waals surface area (Å²) >= 11 is 0. The lowest BCUT2D eigenvalue weighted by Crippen LogP contribution is -2.15. The van der Waals surface area contributed by atoms with Crippen LogP contribution in [-0.4, -0.2) is 23.5 Å². The molecule has 0 saturated carbocycles. The maximum atomic E-state index is 12.0. The minimum atomic E-state index is -0.960. The molecule has 1 aromatic carbocycles. The van der Waals surface area contributed by atoms with Crippen molar-refractivity contribution in [2.45, 2.75) is 27.2 Å². The molecular weight excluding hydrogens is 232 g/mol. The van der Waals surface area contributed by atoms with Crippen molar-refractivity contribution in [2.75, 3.05) is 6.61 Å². The van der Waals surface area contributed by atoms with Crippen LogP contribution in [0.5, 0.6) is 5.75 Å². The first-order valence-corrected chi connectivity index (χ1v) is 5.95. The Morgan fingerprint density at radius 1 is 1.39 bits per heavy atom. The molecule has 1 N–H and O–H groups in total. The highest BCUT2D eigenvalue weighted by Crippen LogP contribution is 2.21. The van der Waals surface area contributed by atoms with Crippen molar-refractivity contribution in [3.05, 3.63) is 29.3 Å². The number of rotatable bonds is 6. The van der Waals surface area contributed by atoms with E-state index in [9.17, 15) is 9.59 Å². The van der Waals surface area contributed by atoms with Crippen LogP contribution >= 0.6 is 0 Å². The van der Waals surface area contributed by atoms with Crippen LogP contribution in [0.3, 0.4) is 0 Å². The summed E-state index contributed by atoms with van der Waals surface area (Å²) in [7, 11) is 0. The zero-order chi connectivity index (χ0) is 13.7. The fraction of sp³-hybridized carbons (Fsp3) is 0.429. The van der Waals surface area contributed by atoms with Crippen molar-refractivity contribution < 1.29 is 19.4 Å². The van der Waals surface area contributed by atoms with Crippen molar-refractivity contribution in [3.8, 4) is 5.75 Å². The predicted octanol–water partition coefficient (Wildman–Crippen LogP) is 2.69. The molecule has 0 aliphatic rings. The Morgan fingerprint density at radius 2 is 2.06 bits per heavy atom. The summed E-state index contributed by atoms with van der Waals surface area (Å²) in [6, 6.07) is 5.17. The Balaban J connectivity index is 2.87. The van der Waals surface area contributed by atoms with Crippen LogP contribution in [0.2, 0.25) is 0 Å². The number of benzene rings is 1. The molecule has 98 valence electrons. The standard InChI is InChI=1S/C14H18O4/c1-4-18-12-6-5-11(7-9(12)2)14(17)10(3)8-13(15)16/h5-7,10H,4,8H2,1-3H3,(H,15,16). The van der Waals surface area contributed by atoms with Gasteiger partial charge < -0.3 is 9.84 Å². The van der Waals surface area contributed by atoms with E-state index < -0.39 is 11.9 Å². The smallest absolute Gasteiger partial charge is 0.304 e. The van der Waals surface area contributed by atoms with E-state index in [-0.39, 0.29) is 12.2 Å². The van der Waals surface area contributed by atoms with Gasteiger partial charge in [0.05, 0.1) is 13.0 Å². The molecule has 0 aliphatic heterocycles. The summed E-state index contributed by atoms with van der Waals surface area (Å²) in [5.74, 6) is -0.873. The van der Waals surface area contributed by atoms with E-state index in [4.69, 9.17) is 9.84 Å². The molecule has 1 rings (SSSR count). The quantitative estimate of drug-likeness (QED) is 0.788. The second-order valence-electron chi connectivity index (χ2n) is 4.28. The molecule has 18 heavy (non-hydrogen) atoms. The molecule has 0 saturated heterocycles. The second-order valence-corrected chi connectivity index (χ2v) is 4.28. The number of carbonyl (C=O) groups excluding carboxylic acids is 1. The lowest BCUT2D eigenvalue weighted by molar-refractivity contribution is -0.137. The summed E-state index contributed by atoms with van der Waals surface area (Å²) in [4.78, 5) is 22.6. The highest BCUT2D eigenvalue weighted by atomic mass is 16.5. The molecule has 0 amide bonds. The van der Waals surface area contributed by atoms with Crippen LogP contribution in [0.15, 0.2) is 18.2 Å². The molecule has 0 aromatic heterocycles. The first-order chi connectivity index (χ1) is 8.45. The van der Waals surface area contributed by atoms with Gasteiger partial charge in [-0.15, -0.1) is 0 Å². The van der Waals surface area contributed by atoms with Gasteiger partial charge >= 0.3 is 5.97 Å². The molecular formula is C14H18O4. The van der Waals surface area contributed by atoms with E-state index in [1.807, 2.05) is 13.8 Å². The lowest BCUT2D eigenvalue weighted by Gasteiger charge is -2.11. The topological polar surface area (TPSA) is 63.6 Å². The first kappa shape index (κ1) is 14.2. The minimum absolute atomic E-state index is 0.148. The average molecular weight is 250 g/mol. The molecule has 0 aliphatic carbocycles. The summed E-state index contributed by atoms with van der Waals surface area (Å²) < 4.78 is 5.39. The number of carboxylic acid groups (broad SMARTS) is 1. The lowest BCUT2D eigenvalue weighted by atomic mass is 9.95. The summed E-state index contributed by atoms with van der Waals surface area (Å²) in [5.41, 5.74) is 1.41. The van der Waals surface area contributed by atoms with Gasteiger partial charge in [0.25, 0.3) is 0 Å². The van der Waals surface area contributed by atoms with Crippen molar-refractivity contribution in [3.63, 3.8) is 0 Å². The fourth-order valence-electron chi connectivity index (χ4n) is 1.76. The van der Waals surface area contributed by atoms with Gasteiger partial charge in [0, 0.05) is 11.5 Å². The van der Waals surface area contributed by atoms with E-state index >= 15 is 0 Å². The third-order valence-corrected chi connectivity index (χ3v) is 2.69. The molecule has 0 fully saturated rings. The summed E-state index contributed by atoms with van der Waals surface area (Å²) in [6.07, 6.45) is -0.148. The van der Waals surface area contributed by atoms with Crippen molar-refractivity contribution in [1.29, 1.82) is 0 Å². The second kappa shape index (κ2) is 6.19. The van der Waals surface area contributed by atoms with Gasteiger partial charge in [-0.25, -0.2) is 0 Å². The van der Waals surface area contributed by atoms with E-state index in [2.05, 4.69) is 0 Å². The van der Waals surface area contributed by atoms with E-state index in [0.717, 1.165) is 11.3 Å². The van der Waals surface area contributed by atoms with Crippen LogP contribution in [0.1, 0.15) is 36.2 Å². The van der Waals surface area contributed by atoms with E-state index in [1.165, 1.54) is 0 Å². The maximum absolute atomic E-state index is 12.0. The number of ether oxygens (including phenoxy) is 1. The zero-order valence-electron chi connectivity index (χ0n) is 10.9. The van der Waals surface area contributed by atoms with Crippen LogP contribution in [0, 0.1) is 12.8 Å². The number of hydrogen-bond acceptors (Lipinski definition) is 3. The van der Waals surface area contributed by atoms with Crippen molar-refractivity contribution >= 4 is 11.8 Å². The molecule has 1 unspecified atom stereocenters. The van der Waals surface area contributed by atoms with Crippen LogP contribution in [0.4, 0.5) is 0 Å². The fourth-order valence-corrected chi connectivity index (χ4v) is 1.76. The third-order valence-electron chi connectivity index (χ3n) is 2.69. The predicted molar refractivity (Wildman–Crippen MR) is 68.1 cm³/mol. The molecule has 4 nitrogen and oxygen atoms in total. The molecule has 0 heterocycles. The zero-order valence-corrected chi connectivity index (χ0v) is 10.9. The highest BCUT2D eigenvalue weighted by molar-refractivity contribution is 5.99. The monoisotopic (exact) mass is 250 g/mol. The van der Waals surface area contributed by atoms with Gasteiger partial charge in [-0.05, 0) is 37.6 Å². The normalized spacial score (nSPS) is 11.9. The van der Waals surface area contributed by atoms with Gasteiger partial charge in [-0.1, -0.05) is 6.92 Å². The van der Waals surface area contributed by atoms with Crippen LogP contribution < -0.4 is 4.74 Å². The van der Waals surface area contributed by atoms with Gasteiger partial charge in [0.2, 0.25) is 0 Å². The molecule has 1 aromatic rings. The molecule has 1 atom stereocenters. The SMILES string of the molecule is CCOc1ccc(C(=O)C(C)CC(=O)O)cc1C. The molecule has 0 spiro atoms. The number of aliphatic carboxylic acids is 1. The number of carboxylic acids is 1. The highest BCUT2D eigenvalue weighted by Gasteiger charge is 2.18. The Labute approximate surface area is 107 Å². The van der Waals surface area contributed by atoms with Gasteiger partial charge in [0.15, 0.2) is 5.78 Å². The largest absolute Gasteiger partial charge is 0.494 e. The molecule has 0 bridgehead atoms. The van der Waals surface area contributed by atoms with Crippen molar-refractivity contribution in [2.24, 2.45) is 5.92 Å². The summed E-state index contributed by atoms with van der Waals surface area (Å²) in [6.45, 7) is 5.96. The summed E-state index contributed by atoms with van der Waals surface area (Å²) in [5, 5.41) is 8.68. The Kier molecular flexibility index (Phi) is 4.89. The van der Waals surface area contributed by atoms with Gasteiger partial charge in [0.1, 0.15) is 5.75 Å². The van der Waals surface area contributed by atoms with Crippen molar-refractivity contribution in [1.82, 2.24) is 0 Å². The number of aryl methyl sites for hydroxylation is 1. The van der Waals surface area contributed by atoms with Gasteiger partial charge in [-0.2, -0.15) is 0 Å². The third kappa shape index (κ3) is 3.58. The number of carbonyl (C=O) groups is 2. The first-order valence-electron chi connectivity index (χ1n) is 5.95. The maximum Gasteiger partial charge on any atom is 0.304 e. The number of ketones is 1. The van der Waals surface area contributed by atoms with E-state index in [1.54, 1.807) is 25.1 Å². The Bertz CT molecular complexity index is 451. The van der Waals surface area contributed by atoms with Crippen LogP contribution in [-0.2, 0) is 4.79 Å². The van der Waals surface area contributed by atoms with E-state index in [0.29, 0.717) is 12.2 Å². The van der Waals surface area contributed by atoms with Crippen LogP contribution in [0.25, 0.3) is 0 Å². The molecule has 0 radical (unpaired) electrons. The molecule has 4 heteroatoms. The number of hydrogen-bond donors (Lipinski definition) is 1. The average Bonchev–Trinajstić information content (AvgIpc) is 2.30.